The summed E-state index contributed by atoms with van der Waals surface area (Å²) in [4.78, 5) is 16.0. The summed E-state index contributed by atoms with van der Waals surface area (Å²) < 4.78 is 13.7. The lowest BCUT2D eigenvalue weighted by atomic mass is 10.1. The molecule has 19 heavy (non-hydrogen) atoms. The number of nitrogens with zero attached hydrogens (tertiary/aromatic N) is 2. The van der Waals surface area contributed by atoms with Crippen molar-refractivity contribution in [2.45, 2.75) is 20.8 Å². The Labute approximate surface area is 115 Å². The topological polar surface area (TPSA) is 23.6 Å². The number of aryl methyl sites for hydroxylation is 1. The molecule has 0 saturated carbocycles. The normalized spacial score (nSPS) is 15.7. The molecule has 106 valence electrons. The van der Waals surface area contributed by atoms with Crippen molar-refractivity contribution in [2.75, 3.05) is 33.2 Å². The third-order valence-corrected chi connectivity index (χ3v) is 3.15. The first-order chi connectivity index (χ1) is 9.08. The fourth-order valence-corrected chi connectivity index (χ4v) is 1.97. The standard InChI is InChI=1S/C13H17FN2O.C2H6/c1-10-3-4-11(12(14)9-10)13(17)16-7-5-15(2)6-8-16;1-2/h3-4,9H,5-8H2,1-2H3;1-2H3. The van der Waals surface area contributed by atoms with Gasteiger partial charge in [-0.1, -0.05) is 19.9 Å². The quantitative estimate of drug-likeness (QED) is 0.780. The van der Waals surface area contributed by atoms with Gasteiger partial charge in [0.25, 0.3) is 5.91 Å². The summed E-state index contributed by atoms with van der Waals surface area (Å²) in [5.74, 6) is -0.621. The lowest BCUT2D eigenvalue weighted by Gasteiger charge is -2.32. The van der Waals surface area contributed by atoms with Gasteiger partial charge in [0, 0.05) is 26.2 Å². The van der Waals surface area contributed by atoms with Crippen LogP contribution in [0.4, 0.5) is 4.39 Å². The number of hydrogen-bond acceptors (Lipinski definition) is 2. The highest BCUT2D eigenvalue weighted by atomic mass is 19.1. The van der Waals surface area contributed by atoms with Gasteiger partial charge in [0.15, 0.2) is 0 Å². The zero-order valence-corrected chi connectivity index (χ0v) is 12.2. The molecule has 1 aromatic carbocycles. The highest BCUT2D eigenvalue weighted by Crippen LogP contribution is 2.13. The molecular formula is C15H23FN2O. The summed E-state index contributed by atoms with van der Waals surface area (Å²) in [6.45, 7) is 8.84. The van der Waals surface area contributed by atoms with Crippen LogP contribution in [0, 0.1) is 12.7 Å². The largest absolute Gasteiger partial charge is 0.336 e. The van der Waals surface area contributed by atoms with Gasteiger partial charge in [0.2, 0.25) is 0 Å². The van der Waals surface area contributed by atoms with E-state index in [0.29, 0.717) is 13.1 Å². The Morgan fingerprint density at radius 3 is 2.26 bits per heavy atom. The van der Waals surface area contributed by atoms with Gasteiger partial charge in [-0.3, -0.25) is 4.79 Å². The lowest BCUT2D eigenvalue weighted by molar-refractivity contribution is 0.0659. The molecule has 1 fully saturated rings. The van der Waals surface area contributed by atoms with Crippen LogP contribution in [0.3, 0.4) is 0 Å². The highest BCUT2D eigenvalue weighted by Gasteiger charge is 2.22. The number of piperazine rings is 1. The SMILES string of the molecule is CC.Cc1ccc(C(=O)N2CCN(C)CC2)c(F)c1. The second-order valence-electron chi connectivity index (χ2n) is 4.58. The van der Waals surface area contributed by atoms with E-state index in [0.717, 1.165) is 18.7 Å². The molecule has 0 bridgehead atoms. The van der Waals surface area contributed by atoms with Crippen molar-refractivity contribution < 1.29 is 9.18 Å². The predicted octanol–water partition coefficient (Wildman–Crippen LogP) is 2.55. The minimum Gasteiger partial charge on any atom is -0.336 e. The molecular weight excluding hydrogens is 243 g/mol. The first-order valence-corrected chi connectivity index (χ1v) is 6.82. The fraction of sp³-hybridized carbons (Fsp3) is 0.533. The summed E-state index contributed by atoms with van der Waals surface area (Å²) in [5, 5.41) is 0. The Bertz CT molecular complexity index is 426. The summed E-state index contributed by atoms with van der Waals surface area (Å²) >= 11 is 0. The zero-order valence-electron chi connectivity index (χ0n) is 12.2. The average Bonchev–Trinajstić information content (AvgIpc) is 2.41. The molecule has 0 N–H and O–H groups in total. The number of halogens is 1. The molecule has 1 heterocycles. The van der Waals surface area contributed by atoms with Gasteiger partial charge < -0.3 is 9.80 Å². The molecule has 3 nitrogen and oxygen atoms in total. The molecule has 0 aliphatic carbocycles. The lowest BCUT2D eigenvalue weighted by Crippen LogP contribution is -2.47. The minimum atomic E-state index is -0.422. The summed E-state index contributed by atoms with van der Waals surface area (Å²) in [7, 11) is 2.02. The molecule has 1 aromatic rings. The Morgan fingerprint density at radius 1 is 1.16 bits per heavy atom. The van der Waals surface area contributed by atoms with Crippen LogP contribution in [0.15, 0.2) is 18.2 Å². The van der Waals surface area contributed by atoms with Crippen LogP contribution < -0.4 is 0 Å². The second kappa shape index (κ2) is 7.24. The van der Waals surface area contributed by atoms with Crippen LogP contribution in [-0.4, -0.2) is 48.9 Å². The van der Waals surface area contributed by atoms with Crippen LogP contribution in [0.1, 0.15) is 29.8 Å². The van der Waals surface area contributed by atoms with Gasteiger partial charge in [-0.2, -0.15) is 0 Å². The maximum absolute atomic E-state index is 13.7. The van der Waals surface area contributed by atoms with Gasteiger partial charge in [-0.05, 0) is 31.7 Å². The molecule has 2 rings (SSSR count). The van der Waals surface area contributed by atoms with E-state index in [2.05, 4.69) is 4.90 Å². The Hall–Kier alpha value is -1.42. The number of likely N-dealkylation sites (N-methyl/N-ethyl adjacent to an activating group) is 1. The van der Waals surface area contributed by atoms with Gasteiger partial charge in [-0.25, -0.2) is 4.39 Å². The van der Waals surface area contributed by atoms with Crippen molar-refractivity contribution in [1.82, 2.24) is 9.80 Å². The van der Waals surface area contributed by atoms with Crippen LogP contribution in [0.2, 0.25) is 0 Å². The third kappa shape index (κ3) is 4.03. The van der Waals surface area contributed by atoms with E-state index in [4.69, 9.17) is 0 Å². The Morgan fingerprint density at radius 2 is 1.74 bits per heavy atom. The minimum absolute atomic E-state index is 0.181. The van der Waals surface area contributed by atoms with E-state index in [-0.39, 0.29) is 11.5 Å². The van der Waals surface area contributed by atoms with Crippen molar-refractivity contribution >= 4 is 5.91 Å². The van der Waals surface area contributed by atoms with E-state index in [1.807, 2.05) is 27.8 Å². The first kappa shape index (κ1) is 15.6. The van der Waals surface area contributed by atoms with Gasteiger partial charge in [0.1, 0.15) is 5.82 Å². The smallest absolute Gasteiger partial charge is 0.256 e. The monoisotopic (exact) mass is 266 g/mol. The highest BCUT2D eigenvalue weighted by molar-refractivity contribution is 5.94. The molecule has 0 spiro atoms. The van der Waals surface area contributed by atoms with E-state index >= 15 is 0 Å². The fourth-order valence-electron chi connectivity index (χ4n) is 1.97. The summed E-state index contributed by atoms with van der Waals surface area (Å²) in [6.07, 6.45) is 0. The maximum Gasteiger partial charge on any atom is 0.256 e. The molecule has 1 aliphatic heterocycles. The molecule has 1 aliphatic rings. The van der Waals surface area contributed by atoms with E-state index in [9.17, 15) is 9.18 Å². The molecule has 4 heteroatoms. The number of carbonyl (C=O) groups is 1. The van der Waals surface area contributed by atoms with Gasteiger partial charge >= 0.3 is 0 Å². The summed E-state index contributed by atoms with van der Waals surface area (Å²) in [6, 6.07) is 4.75. The Balaban J connectivity index is 0.000000861. The average molecular weight is 266 g/mol. The molecule has 1 saturated heterocycles. The van der Waals surface area contributed by atoms with Crippen molar-refractivity contribution in [3.8, 4) is 0 Å². The van der Waals surface area contributed by atoms with Crippen LogP contribution >= 0.6 is 0 Å². The number of hydrogen-bond donors (Lipinski definition) is 0. The van der Waals surface area contributed by atoms with Gasteiger partial charge in [0.05, 0.1) is 5.56 Å². The molecule has 0 radical (unpaired) electrons. The molecule has 0 unspecified atom stereocenters. The first-order valence-electron chi connectivity index (χ1n) is 6.82. The second-order valence-corrected chi connectivity index (χ2v) is 4.58. The summed E-state index contributed by atoms with van der Waals surface area (Å²) in [5.41, 5.74) is 1.01. The number of amides is 1. The van der Waals surface area contributed by atoms with Crippen molar-refractivity contribution in [3.05, 3.63) is 35.1 Å². The van der Waals surface area contributed by atoms with Crippen molar-refractivity contribution in [2.24, 2.45) is 0 Å². The van der Waals surface area contributed by atoms with E-state index < -0.39 is 5.82 Å². The number of benzene rings is 1. The number of rotatable bonds is 1. The Kier molecular flexibility index (Phi) is 5.96. The van der Waals surface area contributed by atoms with Crippen molar-refractivity contribution in [3.63, 3.8) is 0 Å². The van der Waals surface area contributed by atoms with E-state index in [1.165, 1.54) is 6.07 Å². The molecule has 0 atom stereocenters. The third-order valence-electron chi connectivity index (χ3n) is 3.15. The van der Waals surface area contributed by atoms with Gasteiger partial charge in [-0.15, -0.1) is 0 Å². The zero-order chi connectivity index (χ0) is 14.4. The van der Waals surface area contributed by atoms with Crippen LogP contribution in [0.25, 0.3) is 0 Å². The van der Waals surface area contributed by atoms with Crippen molar-refractivity contribution in [1.29, 1.82) is 0 Å². The van der Waals surface area contributed by atoms with Crippen LogP contribution in [0.5, 0.6) is 0 Å². The molecule has 1 amide bonds. The predicted molar refractivity (Wildman–Crippen MR) is 75.9 cm³/mol. The number of carbonyl (C=O) groups excluding carboxylic acids is 1. The van der Waals surface area contributed by atoms with Crippen LogP contribution in [-0.2, 0) is 0 Å². The maximum atomic E-state index is 13.7. The van der Waals surface area contributed by atoms with E-state index in [1.54, 1.807) is 17.0 Å². The molecule has 0 aromatic heterocycles.